The Balaban J connectivity index is 2.34. The van der Waals surface area contributed by atoms with E-state index >= 15 is 0 Å². The van der Waals surface area contributed by atoms with E-state index < -0.39 is 0 Å². The Morgan fingerprint density at radius 3 is 2.69 bits per heavy atom. The summed E-state index contributed by atoms with van der Waals surface area (Å²) in [7, 11) is 0. The summed E-state index contributed by atoms with van der Waals surface area (Å²) in [4.78, 5) is 2.32. The first-order chi connectivity index (χ1) is 6.38. The molecule has 1 fully saturated rings. The molecule has 1 heterocycles. The maximum absolute atomic E-state index is 9.18. The van der Waals surface area contributed by atoms with E-state index in [0.29, 0.717) is 6.04 Å². The first-order valence-corrected chi connectivity index (χ1v) is 5.34. The quantitative estimate of drug-likeness (QED) is 0.677. The molecular weight excluding hydrogens is 166 g/mol. The molecule has 0 radical (unpaired) electrons. The van der Waals surface area contributed by atoms with Crippen LogP contribution in [0.15, 0.2) is 0 Å². The molecule has 0 spiro atoms. The summed E-state index contributed by atoms with van der Waals surface area (Å²) in [6, 6.07) is 0.342. The molecule has 0 aromatic carbocycles. The van der Waals surface area contributed by atoms with Crippen LogP contribution in [0, 0.1) is 0 Å². The number of hydrogen-bond acceptors (Lipinski definition) is 3. The molecule has 0 saturated carbocycles. The van der Waals surface area contributed by atoms with Crippen molar-refractivity contribution in [2.24, 2.45) is 0 Å². The maximum atomic E-state index is 9.18. The molecule has 1 saturated heterocycles. The van der Waals surface area contributed by atoms with Crippen molar-refractivity contribution >= 4 is 0 Å². The van der Waals surface area contributed by atoms with Crippen molar-refractivity contribution in [2.45, 2.75) is 38.1 Å². The van der Waals surface area contributed by atoms with Crippen LogP contribution in [-0.2, 0) is 0 Å². The van der Waals surface area contributed by atoms with Crippen LogP contribution >= 0.6 is 0 Å². The zero-order valence-corrected chi connectivity index (χ0v) is 8.28. The first kappa shape index (κ1) is 11.0. The van der Waals surface area contributed by atoms with Gasteiger partial charge < -0.3 is 10.2 Å². The van der Waals surface area contributed by atoms with Gasteiger partial charge in [-0.05, 0) is 25.8 Å². The number of aliphatic hydroxyl groups excluding tert-OH is 2. The van der Waals surface area contributed by atoms with E-state index in [0.717, 1.165) is 25.9 Å². The van der Waals surface area contributed by atoms with Crippen molar-refractivity contribution in [1.82, 2.24) is 4.90 Å². The molecule has 0 aromatic heterocycles. The Labute approximate surface area is 80.4 Å². The van der Waals surface area contributed by atoms with Gasteiger partial charge in [0, 0.05) is 19.2 Å². The Kier molecular flexibility index (Phi) is 5.35. The number of likely N-dealkylation sites (tertiary alicyclic amines) is 1. The molecule has 0 amide bonds. The van der Waals surface area contributed by atoms with E-state index in [1.165, 1.54) is 19.3 Å². The highest BCUT2D eigenvalue weighted by molar-refractivity contribution is 4.74. The van der Waals surface area contributed by atoms with Crippen molar-refractivity contribution < 1.29 is 10.2 Å². The molecule has 1 aliphatic rings. The van der Waals surface area contributed by atoms with Gasteiger partial charge in [0.15, 0.2) is 0 Å². The minimum atomic E-state index is 0.259. The molecule has 1 rings (SSSR count). The summed E-state index contributed by atoms with van der Waals surface area (Å²) in [6.07, 6.45) is 5.70. The van der Waals surface area contributed by atoms with Gasteiger partial charge in [-0.1, -0.05) is 12.8 Å². The van der Waals surface area contributed by atoms with Crippen LogP contribution in [0.5, 0.6) is 0 Å². The van der Waals surface area contributed by atoms with E-state index in [1.54, 1.807) is 0 Å². The predicted octanol–water partition coefficient (Wildman–Crippen LogP) is 0.606. The van der Waals surface area contributed by atoms with Gasteiger partial charge in [-0.15, -0.1) is 0 Å². The van der Waals surface area contributed by atoms with Crippen LogP contribution < -0.4 is 0 Å². The molecule has 0 bridgehead atoms. The summed E-state index contributed by atoms with van der Waals surface area (Å²) < 4.78 is 0. The van der Waals surface area contributed by atoms with E-state index in [1.807, 2.05) is 0 Å². The van der Waals surface area contributed by atoms with Gasteiger partial charge in [-0.2, -0.15) is 0 Å². The highest BCUT2D eigenvalue weighted by Crippen LogP contribution is 2.16. The van der Waals surface area contributed by atoms with Crippen LogP contribution in [0.4, 0.5) is 0 Å². The normalized spacial score (nSPS) is 25.8. The number of aliphatic hydroxyl groups is 2. The molecule has 1 aliphatic heterocycles. The van der Waals surface area contributed by atoms with E-state index in [-0.39, 0.29) is 13.2 Å². The van der Waals surface area contributed by atoms with Crippen LogP contribution in [0.2, 0.25) is 0 Å². The molecular formula is C10H21NO2. The highest BCUT2D eigenvalue weighted by atomic mass is 16.3. The molecule has 0 aliphatic carbocycles. The Hall–Kier alpha value is -0.120. The van der Waals surface area contributed by atoms with Gasteiger partial charge in [-0.3, -0.25) is 4.90 Å². The van der Waals surface area contributed by atoms with Crippen LogP contribution in [0.3, 0.4) is 0 Å². The zero-order chi connectivity index (χ0) is 9.52. The lowest BCUT2D eigenvalue weighted by molar-refractivity contribution is 0.116. The SMILES string of the molecule is OCCCN1CCCCCC1CO. The van der Waals surface area contributed by atoms with E-state index in [2.05, 4.69) is 4.90 Å². The lowest BCUT2D eigenvalue weighted by Gasteiger charge is -2.27. The fraction of sp³-hybridized carbons (Fsp3) is 1.00. The summed E-state index contributed by atoms with van der Waals surface area (Å²) in [6.45, 7) is 2.55. The van der Waals surface area contributed by atoms with Crippen molar-refractivity contribution in [3.05, 3.63) is 0 Å². The maximum Gasteiger partial charge on any atom is 0.0586 e. The molecule has 1 unspecified atom stereocenters. The zero-order valence-electron chi connectivity index (χ0n) is 8.28. The fourth-order valence-corrected chi connectivity index (χ4v) is 2.01. The van der Waals surface area contributed by atoms with Gasteiger partial charge in [0.1, 0.15) is 0 Å². The topological polar surface area (TPSA) is 43.7 Å². The molecule has 2 N–H and O–H groups in total. The highest BCUT2D eigenvalue weighted by Gasteiger charge is 2.18. The lowest BCUT2D eigenvalue weighted by Crippen LogP contribution is -2.38. The average molecular weight is 187 g/mol. The smallest absolute Gasteiger partial charge is 0.0586 e. The molecule has 1 atom stereocenters. The summed E-state index contributed by atoms with van der Waals surface area (Å²) in [5.41, 5.74) is 0. The number of nitrogens with zero attached hydrogens (tertiary/aromatic N) is 1. The van der Waals surface area contributed by atoms with Gasteiger partial charge in [-0.25, -0.2) is 0 Å². The van der Waals surface area contributed by atoms with E-state index in [9.17, 15) is 5.11 Å². The molecule has 78 valence electrons. The summed E-state index contributed by atoms with van der Waals surface area (Å²) in [5, 5.41) is 17.9. The van der Waals surface area contributed by atoms with Crippen molar-refractivity contribution in [2.75, 3.05) is 26.3 Å². The van der Waals surface area contributed by atoms with Gasteiger partial charge in [0.25, 0.3) is 0 Å². The summed E-state index contributed by atoms with van der Waals surface area (Å²) in [5.74, 6) is 0. The minimum Gasteiger partial charge on any atom is -0.396 e. The second kappa shape index (κ2) is 6.35. The third-order valence-corrected chi connectivity index (χ3v) is 2.81. The third kappa shape index (κ3) is 3.63. The van der Waals surface area contributed by atoms with Gasteiger partial charge in [0.2, 0.25) is 0 Å². The largest absolute Gasteiger partial charge is 0.396 e. The molecule has 3 heteroatoms. The lowest BCUT2D eigenvalue weighted by atomic mass is 10.1. The molecule has 0 aromatic rings. The van der Waals surface area contributed by atoms with Crippen LogP contribution in [-0.4, -0.2) is 47.5 Å². The molecule has 3 nitrogen and oxygen atoms in total. The standard InChI is InChI=1S/C10H21NO2/c12-8-4-7-11-6-3-1-2-5-10(11)9-13/h10,12-13H,1-9H2. The number of hydrogen-bond donors (Lipinski definition) is 2. The minimum absolute atomic E-state index is 0.259. The monoisotopic (exact) mass is 187 g/mol. The van der Waals surface area contributed by atoms with Crippen LogP contribution in [0.1, 0.15) is 32.1 Å². The summed E-state index contributed by atoms with van der Waals surface area (Å²) >= 11 is 0. The van der Waals surface area contributed by atoms with Gasteiger partial charge in [0.05, 0.1) is 6.61 Å². The van der Waals surface area contributed by atoms with Gasteiger partial charge >= 0.3 is 0 Å². The van der Waals surface area contributed by atoms with E-state index in [4.69, 9.17) is 5.11 Å². The number of rotatable bonds is 4. The second-order valence-electron chi connectivity index (χ2n) is 3.80. The van der Waals surface area contributed by atoms with Crippen molar-refractivity contribution in [3.8, 4) is 0 Å². The third-order valence-electron chi connectivity index (χ3n) is 2.81. The van der Waals surface area contributed by atoms with Crippen molar-refractivity contribution in [1.29, 1.82) is 0 Å². The first-order valence-electron chi connectivity index (χ1n) is 5.34. The second-order valence-corrected chi connectivity index (χ2v) is 3.80. The Morgan fingerprint density at radius 2 is 2.00 bits per heavy atom. The Bertz CT molecular complexity index is 130. The Morgan fingerprint density at radius 1 is 1.15 bits per heavy atom. The average Bonchev–Trinajstić information content (AvgIpc) is 2.39. The molecule has 13 heavy (non-hydrogen) atoms. The fourth-order valence-electron chi connectivity index (χ4n) is 2.01. The predicted molar refractivity (Wildman–Crippen MR) is 52.6 cm³/mol. The van der Waals surface area contributed by atoms with Crippen LogP contribution in [0.25, 0.3) is 0 Å². The van der Waals surface area contributed by atoms with Crippen molar-refractivity contribution in [3.63, 3.8) is 0 Å².